The van der Waals surface area contributed by atoms with Gasteiger partial charge in [0, 0.05) is 30.5 Å². The zero-order valence-electron chi connectivity index (χ0n) is 22.8. The summed E-state index contributed by atoms with van der Waals surface area (Å²) in [6.45, 7) is 12.4. The largest absolute Gasteiger partial charge is 0.481 e. The Bertz CT molecular complexity index is 1220. The number of aliphatic imine (C=N–C) groups is 2. The molecule has 208 valence electrons. The van der Waals surface area contributed by atoms with E-state index in [1.807, 2.05) is 6.92 Å². The van der Waals surface area contributed by atoms with Crippen molar-refractivity contribution in [3.63, 3.8) is 0 Å². The van der Waals surface area contributed by atoms with Gasteiger partial charge in [-0.3, -0.25) is 19.6 Å². The van der Waals surface area contributed by atoms with Gasteiger partial charge in [0.25, 0.3) is 5.91 Å². The first-order valence-electron chi connectivity index (χ1n) is 12.7. The Labute approximate surface area is 229 Å². The van der Waals surface area contributed by atoms with Crippen molar-refractivity contribution in [1.29, 1.82) is 0 Å². The Hall–Kier alpha value is -4.20. The second-order valence-corrected chi connectivity index (χ2v) is 8.60. The summed E-state index contributed by atoms with van der Waals surface area (Å²) in [5, 5.41) is 11.6. The Morgan fingerprint density at radius 2 is 1.77 bits per heavy atom. The number of carbonyl (C=O) groups excluding carboxylic acids is 1. The van der Waals surface area contributed by atoms with Gasteiger partial charge < -0.3 is 10.4 Å². The molecule has 0 unspecified atom stereocenters. The summed E-state index contributed by atoms with van der Waals surface area (Å²) in [6, 6.07) is 4.94. The number of carboxylic acid groups (broad SMARTS) is 1. The molecule has 0 aliphatic rings. The molecule has 0 aliphatic heterocycles. The predicted molar refractivity (Wildman–Crippen MR) is 157 cm³/mol. The van der Waals surface area contributed by atoms with Crippen molar-refractivity contribution in [2.75, 3.05) is 6.54 Å². The van der Waals surface area contributed by atoms with Gasteiger partial charge in [-0.25, -0.2) is 8.78 Å². The second-order valence-electron chi connectivity index (χ2n) is 8.60. The minimum absolute atomic E-state index is 0.0895. The number of allylic oxidation sites excluding steroid dienone is 9. The maximum Gasteiger partial charge on any atom is 0.303 e. The number of nitrogens with one attached hydrogen (secondary N) is 1. The lowest BCUT2D eigenvalue weighted by atomic mass is 10.1. The first-order valence-corrected chi connectivity index (χ1v) is 12.7. The highest BCUT2D eigenvalue weighted by molar-refractivity contribution is 6.05. The quantitative estimate of drug-likeness (QED) is 0.126. The molecule has 0 fully saturated rings. The molecule has 0 saturated heterocycles. The van der Waals surface area contributed by atoms with E-state index in [2.05, 4.69) is 23.5 Å². The van der Waals surface area contributed by atoms with Crippen molar-refractivity contribution < 1.29 is 23.5 Å². The molecule has 2 N–H and O–H groups in total. The second kappa shape index (κ2) is 18.1. The highest BCUT2D eigenvalue weighted by Crippen LogP contribution is 2.30. The van der Waals surface area contributed by atoms with Gasteiger partial charge in [-0.2, -0.15) is 0 Å². The van der Waals surface area contributed by atoms with Gasteiger partial charge in [0.15, 0.2) is 0 Å². The molecule has 6 nitrogen and oxygen atoms in total. The minimum atomic E-state index is -0.842. The summed E-state index contributed by atoms with van der Waals surface area (Å²) < 4.78 is 26.5. The van der Waals surface area contributed by atoms with E-state index < -0.39 is 11.8 Å². The lowest BCUT2D eigenvalue weighted by molar-refractivity contribution is -0.137. The number of unbranched alkanes of at least 4 members (excludes halogenated alkanes) is 2. The van der Waals surface area contributed by atoms with Crippen LogP contribution in [0.25, 0.3) is 0 Å². The molecule has 1 amide bonds. The molecule has 0 spiro atoms. The molecule has 1 aromatic rings. The number of rotatable bonds is 16. The van der Waals surface area contributed by atoms with Crippen LogP contribution >= 0.6 is 0 Å². The number of nitrogens with zero attached hydrogens (tertiary/aromatic N) is 2. The molecule has 39 heavy (non-hydrogen) atoms. The average molecular weight is 538 g/mol. The third-order valence-corrected chi connectivity index (χ3v) is 5.33. The van der Waals surface area contributed by atoms with Crippen molar-refractivity contribution in [3.05, 3.63) is 96.2 Å². The Morgan fingerprint density at radius 1 is 1.03 bits per heavy atom. The average Bonchev–Trinajstić information content (AvgIpc) is 2.91. The van der Waals surface area contributed by atoms with Crippen molar-refractivity contribution >= 4 is 35.2 Å². The lowest BCUT2D eigenvalue weighted by Crippen LogP contribution is -2.24. The lowest BCUT2D eigenvalue weighted by Gasteiger charge is -2.10. The van der Waals surface area contributed by atoms with Crippen molar-refractivity contribution in [2.24, 2.45) is 9.98 Å². The molecule has 1 aromatic carbocycles. The molecular formula is C31H37F2N3O3. The number of carboxylic acids is 1. The molecule has 0 bridgehead atoms. The molecule has 0 radical (unpaired) electrons. The number of carbonyl (C=O) groups is 2. The van der Waals surface area contributed by atoms with Gasteiger partial charge in [0.1, 0.15) is 5.83 Å². The first-order chi connectivity index (χ1) is 18.6. The number of halogens is 2. The van der Waals surface area contributed by atoms with Gasteiger partial charge >= 0.3 is 5.97 Å². The number of hydrogen-bond donors (Lipinski definition) is 2. The van der Waals surface area contributed by atoms with Crippen LogP contribution in [-0.4, -0.2) is 35.5 Å². The van der Waals surface area contributed by atoms with Gasteiger partial charge in [-0.15, -0.1) is 0 Å². The monoisotopic (exact) mass is 537 g/mol. The van der Waals surface area contributed by atoms with E-state index in [0.717, 1.165) is 11.6 Å². The minimum Gasteiger partial charge on any atom is -0.481 e. The zero-order valence-corrected chi connectivity index (χ0v) is 22.8. The van der Waals surface area contributed by atoms with Crippen LogP contribution in [0.5, 0.6) is 0 Å². The van der Waals surface area contributed by atoms with E-state index in [4.69, 9.17) is 10.1 Å². The molecule has 0 atom stereocenters. The molecule has 0 saturated carbocycles. The molecule has 8 heteroatoms. The van der Waals surface area contributed by atoms with Crippen LogP contribution in [0, 0.1) is 0 Å². The number of benzene rings is 1. The predicted octanol–water partition coefficient (Wildman–Crippen LogP) is 8.22. The van der Waals surface area contributed by atoms with Gasteiger partial charge in [0.2, 0.25) is 0 Å². The fraction of sp³-hybridized carbons (Fsp3) is 0.290. The van der Waals surface area contributed by atoms with Crippen molar-refractivity contribution in [1.82, 2.24) is 5.32 Å². The fourth-order valence-electron chi connectivity index (χ4n) is 3.19. The summed E-state index contributed by atoms with van der Waals surface area (Å²) in [6.07, 6.45) is 12.5. The molecular weight excluding hydrogens is 500 g/mol. The molecule has 0 aromatic heterocycles. The number of amides is 1. The Morgan fingerprint density at radius 3 is 2.38 bits per heavy atom. The maximum atomic E-state index is 13.3. The van der Waals surface area contributed by atoms with Crippen LogP contribution < -0.4 is 5.32 Å². The van der Waals surface area contributed by atoms with E-state index in [-0.39, 0.29) is 24.7 Å². The van der Waals surface area contributed by atoms with Crippen molar-refractivity contribution in [2.45, 2.75) is 52.9 Å². The third-order valence-electron chi connectivity index (χ3n) is 5.33. The van der Waals surface area contributed by atoms with Crippen LogP contribution in [-0.2, 0) is 4.79 Å². The van der Waals surface area contributed by atoms with Crippen LogP contribution in [0.1, 0.15) is 63.2 Å². The SMILES string of the molecule is C=C/C(F)=C\C=C(/C)CNC(=O)c1ccc(N=C(CC)/C(C=C)=C/C=C(\C)F)c(N=CCCCCC(=O)O)c1. The fourth-order valence-corrected chi connectivity index (χ4v) is 3.19. The summed E-state index contributed by atoms with van der Waals surface area (Å²) >= 11 is 0. The van der Waals surface area contributed by atoms with Crippen LogP contribution in [0.3, 0.4) is 0 Å². The highest BCUT2D eigenvalue weighted by Gasteiger charge is 2.11. The first kappa shape index (κ1) is 32.8. The molecule has 1 rings (SSSR count). The summed E-state index contributed by atoms with van der Waals surface area (Å²) in [4.78, 5) is 32.8. The van der Waals surface area contributed by atoms with Crippen LogP contribution in [0.15, 0.2) is 101 Å². The number of hydrogen-bond acceptors (Lipinski definition) is 4. The highest BCUT2D eigenvalue weighted by atomic mass is 19.1. The number of aliphatic carboxylic acids is 1. The summed E-state index contributed by atoms with van der Waals surface area (Å²) in [5.74, 6) is -2.00. The standard InChI is InChI=1S/C31H37F2N3O3/c1-6-24(15-14-23(5)32)27(8-3)36-28-18-16-25(20-29(28)34-19-11-9-10-12-30(37)38)31(39)35-21-22(4)13-17-26(33)7-2/h6-7,13-20H,1-2,8-12,21H2,3-5H3,(H,35,39)(H,37,38)/b22-13+,23-14+,24-15+,26-17+,34-19?,36-27?. The third kappa shape index (κ3) is 13.2. The van der Waals surface area contributed by atoms with Crippen LogP contribution in [0.4, 0.5) is 20.2 Å². The normalized spacial score (nSPS) is 13.5. The van der Waals surface area contributed by atoms with Gasteiger partial charge in [-0.05, 0) is 81.5 Å². The zero-order chi connectivity index (χ0) is 29.2. The van der Waals surface area contributed by atoms with Gasteiger partial charge in [0.05, 0.1) is 17.2 Å². The Kier molecular flexibility index (Phi) is 15.3. The smallest absolute Gasteiger partial charge is 0.303 e. The molecule has 0 heterocycles. The van der Waals surface area contributed by atoms with Crippen LogP contribution in [0.2, 0.25) is 0 Å². The van der Waals surface area contributed by atoms with E-state index in [1.165, 1.54) is 19.1 Å². The van der Waals surface area contributed by atoms with Gasteiger partial charge in [-0.1, -0.05) is 43.9 Å². The topological polar surface area (TPSA) is 91.1 Å². The maximum absolute atomic E-state index is 13.3. The van der Waals surface area contributed by atoms with Crippen molar-refractivity contribution in [3.8, 4) is 0 Å². The summed E-state index contributed by atoms with van der Waals surface area (Å²) in [7, 11) is 0. The molecule has 0 aliphatic carbocycles. The van der Waals surface area contributed by atoms with E-state index in [1.54, 1.807) is 49.6 Å². The summed E-state index contributed by atoms with van der Waals surface area (Å²) in [5.41, 5.74) is 3.40. The van der Waals surface area contributed by atoms with E-state index >= 15 is 0 Å². The van der Waals surface area contributed by atoms with E-state index in [9.17, 15) is 18.4 Å². The van der Waals surface area contributed by atoms with E-state index in [0.29, 0.717) is 53.9 Å². The Balaban J connectivity index is 3.30.